The molecule has 5 nitrogen and oxygen atoms in total. The molecule has 0 saturated carbocycles. The average molecular weight is 261 g/mol. The number of rotatable bonds is 6. The maximum Gasteiger partial charge on any atom is 0.146 e. The minimum absolute atomic E-state index is 0.425. The fourth-order valence-electron chi connectivity index (χ4n) is 1.81. The van der Waals surface area contributed by atoms with Gasteiger partial charge in [0.2, 0.25) is 0 Å². The van der Waals surface area contributed by atoms with E-state index in [1.807, 2.05) is 42.1 Å². The minimum Gasteiger partial charge on any atom is -0.497 e. The molecule has 1 aromatic carbocycles. The first-order valence-corrected chi connectivity index (χ1v) is 6.21. The molecular formula is C14H19N3O2. The first-order chi connectivity index (χ1) is 9.22. The highest BCUT2D eigenvalue weighted by atomic mass is 16.5. The number of methoxy groups -OCH3 is 1. The molecule has 2 aromatic rings. The van der Waals surface area contributed by atoms with E-state index in [2.05, 4.69) is 4.98 Å². The predicted molar refractivity (Wildman–Crippen MR) is 73.3 cm³/mol. The lowest BCUT2D eigenvalue weighted by Gasteiger charge is -2.07. The van der Waals surface area contributed by atoms with E-state index in [-0.39, 0.29) is 0 Å². The van der Waals surface area contributed by atoms with Gasteiger partial charge in [0.1, 0.15) is 23.9 Å². The molecule has 1 heterocycles. The molecule has 0 saturated heterocycles. The zero-order valence-corrected chi connectivity index (χ0v) is 11.3. The molecular weight excluding hydrogens is 242 g/mol. The number of hydrogen-bond donors (Lipinski definition) is 1. The van der Waals surface area contributed by atoms with E-state index in [0.29, 0.717) is 13.2 Å². The summed E-state index contributed by atoms with van der Waals surface area (Å²) in [4.78, 5) is 4.48. The summed E-state index contributed by atoms with van der Waals surface area (Å²) in [6.45, 7) is 1.03. The Morgan fingerprint density at radius 2 is 2.11 bits per heavy atom. The highest BCUT2D eigenvalue weighted by molar-refractivity contribution is 5.32. The summed E-state index contributed by atoms with van der Waals surface area (Å²) in [5.41, 5.74) is 6.52. The van der Waals surface area contributed by atoms with Crippen molar-refractivity contribution >= 4 is 0 Å². The van der Waals surface area contributed by atoms with Crippen LogP contribution in [0.2, 0.25) is 0 Å². The highest BCUT2D eigenvalue weighted by Gasteiger charge is 2.06. The van der Waals surface area contributed by atoms with Crippen LogP contribution in [0.15, 0.2) is 30.5 Å². The van der Waals surface area contributed by atoms with E-state index in [4.69, 9.17) is 15.2 Å². The number of nitrogens with zero attached hydrogens (tertiary/aromatic N) is 2. The lowest BCUT2D eigenvalue weighted by molar-refractivity contribution is 0.289. The molecule has 0 atom stereocenters. The average Bonchev–Trinajstić information content (AvgIpc) is 2.77. The van der Waals surface area contributed by atoms with Crippen LogP contribution >= 0.6 is 0 Å². The number of nitrogens with two attached hydrogens (primary N) is 1. The van der Waals surface area contributed by atoms with Crippen LogP contribution in [-0.4, -0.2) is 23.2 Å². The van der Waals surface area contributed by atoms with Crippen LogP contribution in [0.5, 0.6) is 11.5 Å². The van der Waals surface area contributed by atoms with Crippen molar-refractivity contribution in [3.8, 4) is 11.5 Å². The van der Waals surface area contributed by atoms with Crippen LogP contribution in [0.1, 0.15) is 11.5 Å². The second-order valence-electron chi connectivity index (χ2n) is 4.27. The van der Waals surface area contributed by atoms with E-state index in [0.717, 1.165) is 29.4 Å². The maximum absolute atomic E-state index is 5.71. The molecule has 0 radical (unpaired) electrons. The lowest BCUT2D eigenvalue weighted by atomic mass is 10.3. The number of hydrogen-bond acceptors (Lipinski definition) is 4. The second-order valence-corrected chi connectivity index (χ2v) is 4.27. The van der Waals surface area contributed by atoms with Crippen LogP contribution in [-0.2, 0) is 20.1 Å². The largest absolute Gasteiger partial charge is 0.497 e. The quantitative estimate of drug-likeness (QED) is 0.856. The van der Waals surface area contributed by atoms with Crippen molar-refractivity contribution in [2.45, 2.75) is 13.0 Å². The van der Waals surface area contributed by atoms with Crippen LogP contribution < -0.4 is 15.2 Å². The maximum atomic E-state index is 5.71. The first kappa shape index (κ1) is 13.4. The summed E-state index contributed by atoms with van der Waals surface area (Å²) in [6.07, 6.45) is 2.77. The molecule has 1 aromatic heterocycles. The van der Waals surface area contributed by atoms with Crippen molar-refractivity contribution in [2.75, 3.05) is 13.7 Å². The van der Waals surface area contributed by atoms with Gasteiger partial charge in [-0.15, -0.1) is 0 Å². The van der Waals surface area contributed by atoms with Gasteiger partial charge in [-0.1, -0.05) is 6.07 Å². The first-order valence-electron chi connectivity index (χ1n) is 6.21. The smallest absolute Gasteiger partial charge is 0.146 e. The van der Waals surface area contributed by atoms with Gasteiger partial charge >= 0.3 is 0 Å². The molecule has 0 aliphatic rings. The SMILES string of the molecule is COc1cccc(OCc2nc(CCN)cn2C)c1. The van der Waals surface area contributed by atoms with Gasteiger partial charge < -0.3 is 19.8 Å². The molecule has 2 rings (SSSR count). The van der Waals surface area contributed by atoms with Crippen molar-refractivity contribution in [3.63, 3.8) is 0 Å². The van der Waals surface area contributed by atoms with Gasteiger partial charge in [0.15, 0.2) is 0 Å². The van der Waals surface area contributed by atoms with Gasteiger partial charge in [0.05, 0.1) is 12.8 Å². The number of aromatic nitrogens is 2. The second kappa shape index (κ2) is 6.24. The van der Waals surface area contributed by atoms with Crippen LogP contribution in [0.3, 0.4) is 0 Å². The Labute approximate surface area is 113 Å². The van der Waals surface area contributed by atoms with Gasteiger partial charge in [0.25, 0.3) is 0 Å². The predicted octanol–water partition coefficient (Wildman–Crippen LogP) is 1.51. The third-order valence-corrected chi connectivity index (χ3v) is 2.83. The van der Waals surface area contributed by atoms with E-state index < -0.39 is 0 Å². The zero-order chi connectivity index (χ0) is 13.7. The van der Waals surface area contributed by atoms with Crippen LogP contribution in [0.4, 0.5) is 0 Å². The normalized spacial score (nSPS) is 10.5. The highest BCUT2D eigenvalue weighted by Crippen LogP contribution is 2.19. The zero-order valence-electron chi connectivity index (χ0n) is 11.3. The summed E-state index contributed by atoms with van der Waals surface area (Å²) >= 11 is 0. The van der Waals surface area contributed by atoms with Gasteiger partial charge in [-0.2, -0.15) is 0 Å². The van der Waals surface area contributed by atoms with E-state index in [9.17, 15) is 0 Å². The Hall–Kier alpha value is -2.01. The van der Waals surface area contributed by atoms with Gasteiger partial charge in [-0.25, -0.2) is 4.98 Å². The molecule has 0 amide bonds. The number of aryl methyl sites for hydroxylation is 1. The minimum atomic E-state index is 0.425. The Morgan fingerprint density at radius 3 is 2.84 bits per heavy atom. The summed E-state index contributed by atoms with van der Waals surface area (Å²) < 4.78 is 12.8. The van der Waals surface area contributed by atoms with Gasteiger partial charge in [0, 0.05) is 25.7 Å². The summed E-state index contributed by atoms with van der Waals surface area (Å²) in [5.74, 6) is 2.43. The number of imidazole rings is 1. The molecule has 0 aliphatic heterocycles. The van der Waals surface area contributed by atoms with Gasteiger partial charge in [-0.3, -0.25) is 0 Å². The Kier molecular flexibility index (Phi) is 4.41. The fraction of sp³-hybridized carbons (Fsp3) is 0.357. The fourth-order valence-corrected chi connectivity index (χ4v) is 1.81. The number of ether oxygens (including phenoxy) is 2. The summed E-state index contributed by atoms with van der Waals surface area (Å²) in [6, 6.07) is 7.52. The molecule has 102 valence electrons. The molecule has 0 spiro atoms. The van der Waals surface area contributed by atoms with E-state index in [1.165, 1.54) is 0 Å². The Morgan fingerprint density at radius 1 is 1.32 bits per heavy atom. The summed E-state index contributed by atoms with van der Waals surface area (Å²) in [7, 11) is 3.59. The molecule has 0 bridgehead atoms. The van der Waals surface area contributed by atoms with Crippen molar-refractivity contribution in [3.05, 3.63) is 42.0 Å². The van der Waals surface area contributed by atoms with Crippen LogP contribution in [0.25, 0.3) is 0 Å². The topological polar surface area (TPSA) is 62.3 Å². The molecule has 0 fully saturated rings. The summed E-state index contributed by atoms with van der Waals surface area (Å²) in [5, 5.41) is 0. The van der Waals surface area contributed by atoms with E-state index in [1.54, 1.807) is 7.11 Å². The molecule has 2 N–H and O–H groups in total. The number of benzene rings is 1. The molecule has 19 heavy (non-hydrogen) atoms. The molecule has 5 heteroatoms. The standard InChI is InChI=1S/C14H19N3O2/c1-17-9-11(6-7-15)16-14(17)10-19-13-5-3-4-12(8-13)18-2/h3-5,8-9H,6-7,10,15H2,1-2H3. The van der Waals surface area contributed by atoms with E-state index >= 15 is 0 Å². The monoisotopic (exact) mass is 261 g/mol. The Bertz CT molecular complexity index is 537. The lowest BCUT2D eigenvalue weighted by Crippen LogP contribution is -2.04. The van der Waals surface area contributed by atoms with Crippen molar-refractivity contribution in [1.29, 1.82) is 0 Å². The van der Waals surface area contributed by atoms with Crippen molar-refractivity contribution < 1.29 is 9.47 Å². The van der Waals surface area contributed by atoms with Crippen molar-refractivity contribution in [2.24, 2.45) is 12.8 Å². The molecule has 0 unspecified atom stereocenters. The molecule has 0 aliphatic carbocycles. The Balaban J connectivity index is 2.01. The third-order valence-electron chi connectivity index (χ3n) is 2.83. The van der Waals surface area contributed by atoms with Crippen molar-refractivity contribution in [1.82, 2.24) is 9.55 Å². The van der Waals surface area contributed by atoms with Crippen LogP contribution in [0, 0.1) is 0 Å². The third kappa shape index (κ3) is 3.48. The van der Waals surface area contributed by atoms with Gasteiger partial charge in [-0.05, 0) is 18.7 Å².